The lowest BCUT2D eigenvalue weighted by atomic mass is 10.2. The lowest BCUT2D eigenvalue weighted by Gasteiger charge is -2.13. The van der Waals surface area contributed by atoms with Crippen molar-refractivity contribution < 1.29 is 9.53 Å². The molecule has 0 aliphatic carbocycles. The summed E-state index contributed by atoms with van der Waals surface area (Å²) in [7, 11) is 1.68. The monoisotopic (exact) mass is 250 g/mol. The van der Waals surface area contributed by atoms with Gasteiger partial charge in [0.05, 0.1) is 6.54 Å². The third-order valence-corrected chi connectivity index (χ3v) is 2.70. The first kappa shape index (κ1) is 14.7. The van der Waals surface area contributed by atoms with Crippen molar-refractivity contribution >= 4 is 5.91 Å². The zero-order chi connectivity index (χ0) is 13.2. The number of carbonyl (C=O) groups is 1. The number of amides is 1. The van der Waals surface area contributed by atoms with Crippen molar-refractivity contribution in [2.75, 3.05) is 20.3 Å². The molecule has 1 rings (SSSR count). The van der Waals surface area contributed by atoms with E-state index in [-0.39, 0.29) is 11.9 Å². The van der Waals surface area contributed by atoms with Crippen LogP contribution < -0.4 is 10.6 Å². The van der Waals surface area contributed by atoms with Crippen molar-refractivity contribution in [3.05, 3.63) is 35.9 Å². The Morgan fingerprint density at radius 1 is 1.33 bits per heavy atom. The number of nitrogens with one attached hydrogen (secondary N) is 2. The summed E-state index contributed by atoms with van der Waals surface area (Å²) in [5.41, 5.74) is 1.11. The second-order valence-electron chi connectivity index (χ2n) is 4.33. The van der Waals surface area contributed by atoms with Gasteiger partial charge in [-0.1, -0.05) is 30.3 Å². The molecular weight excluding hydrogens is 228 g/mol. The van der Waals surface area contributed by atoms with E-state index in [1.54, 1.807) is 7.11 Å². The van der Waals surface area contributed by atoms with Crippen molar-refractivity contribution in [2.24, 2.45) is 0 Å². The normalized spacial score (nSPS) is 12.1. The van der Waals surface area contributed by atoms with Crippen LogP contribution in [-0.2, 0) is 16.1 Å². The predicted molar refractivity (Wildman–Crippen MR) is 72.2 cm³/mol. The molecule has 0 aliphatic rings. The Bertz CT molecular complexity index is 341. The van der Waals surface area contributed by atoms with Crippen molar-refractivity contribution in [3.8, 4) is 0 Å². The van der Waals surface area contributed by atoms with Gasteiger partial charge in [-0.3, -0.25) is 4.79 Å². The van der Waals surface area contributed by atoms with Gasteiger partial charge in [-0.15, -0.1) is 0 Å². The van der Waals surface area contributed by atoms with Crippen LogP contribution in [0.25, 0.3) is 0 Å². The zero-order valence-corrected chi connectivity index (χ0v) is 11.1. The van der Waals surface area contributed by atoms with Gasteiger partial charge >= 0.3 is 0 Å². The van der Waals surface area contributed by atoms with Crippen LogP contribution >= 0.6 is 0 Å². The van der Waals surface area contributed by atoms with E-state index in [0.717, 1.165) is 12.0 Å². The Hall–Kier alpha value is -1.39. The average molecular weight is 250 g/mol. The van der Waals surface area contributed by atoms with Gasteiger partial charge in [-0.05, 0) is 18.9 Å². The van der Waals surface area contributed by atoms with Crippen LogP contribution in [0.15, 0.2) is 30.3 Å². The highest BCUT2D eigenvalue weighted by Crippen LogP contribution is 1.96. The molecule has 18 heavy (non-hydrogen) atoms. The molecule has 1 amide bonds. The topological polar surface area (TPSA) is 50.4 Å². The minimum absolute atomic E-state index is 0.0168. The standard InChI is InChI=1S/C14H22N2O2/c1-12(8-9-18-2)15-11-14(17)16-10-13-6-4-3-5-7-13/h3-7,12,15H,8-11H2,1-2H3,(H,16,17). The first-order chi connectivity index (χ1) is 8.72. The molecule has 4 heteroatoms. The van der Waals surface area contributed by atoms with Crippen LogP contribution in [0.4, 0.5) is 0 Å². The minimum atomic E-state index is 0.0168. The van der Waals surface area contributed by atoms with Gasteiger partial charge in [-0.2, -0.15) is 0 Å². The van der Waals surface area contributed by atoms with Gasteiger partial charge < -0.3 is 15.4 Å². The quantitative estimate of drug-likeness (QED) is 0.731. The largest absolute Gasteiger partial charge is 0.385 e. The molecule has 1 aromatic carbocycles. The minimum Gasteiger partial charge on any atom is -0.385 e. The van der Waals surface area contributed by atoms with E-state index in [4.69, 9.17) is 4.74 Å². The Balaban J connectivity index is 2.14. The van der Waals surface area contributed by atoms with Gasteiger partial charge in [-0.25, -0.2) is 0 Å². The van der Waals surface area contributed by atoms with E-state index in [9.17, 15) is 4.79 Å². The molecule has 0 bridgehead atoms. The Morgan fingerprint density at radius 2 is 2.06 bits per heavy atom. The van der Waals surface area contributed by atoms with Crippen molar-refractivity contribution in [1.29, 1.82) is 0 Å². The molecule has 1 aromatic rings. The number of hydrogen-bond acceptors (Lipinski definition) is 3. The summed E-state index contributed by atoms with van der Waals surface area (Å²) >= 11 is 0. The fraction of sp³-hybridized carbons (Fsp3) is 0.500. The molecule has 0 radical (unpaired) electrons. The van der Waals surface area contributed by atoms with Gasteiger partial charge in [0.2, 0.25) is 5.91 Å². The van der Waals surface area contributed by atoms with E-state index in [1.165, 1.54) is 0 Å². The molecule has 0 aromatic heterocycles. The molecule has 0 fully saturated rings. The molecule has 2 N–H and O–H groups in total. The second kappa shape index (κ2) is 8.66. The van der Waals surface area contributed by atoms with Crippen molar-refractivity contribution in [1.82, 2.24) is 10.6 Å². The van der Waals surface area contributed by atoms with Crippen LogP contribution in [0.3, 0.4) is 0 Å². The Morgan fingerprint density at radius 3 is 2.72 bits per heavy atom. The van der Waals surface area contributed by atoms with E-state index in [0.29, 0.717) is 19.7 Å². The summed E-state index contributed by atoms with van der Waals surface area (Å²) in [6.45, 7) is 3.68. The number of carbonyl (C=O) groups excluding carboxylic acids is 1. The number of hydrogen-bond donors (Lipinski definition) is 2. The summed E-state index contributed by atoms with van der Waals surface area (Å²) in [5.74, 6) is 0.0168. The molecular formula is C14H22N2O2. The zero-order valence-electron chi connectivity index (χ0n) is 11.1. The smallest absolute Gasteiger partial charge is 0.234 e. The SMILES string of the molecule is COCCC(C)NCC(=O)NCc1ccccc1. The first-order valence-corrected chi connectivity index (χ1v) is 6.25. The fourth-order valence-electron chi connectivity index (χ4n) is 1.52. The Labute approximate surface area is 109 Å². The maximum atomic E-state index is 11.6. The van der Waals surface area contributed by atoms with Crippen molar-refractivity contribution in [3.63, 3.8) is 0 Å². The molecule has 100 valence electrons. The van der Waals surface area contributed by atoms with E-state index < -0.39 is 0 Å². The lowest BCUT2D eigenvalue weighted by Crippen LogP contribution is -2.38. The highest BCUT2D eigenvalue weighted by molar-refractivity contribution is 5.77. The van der Waals surface area contributed by atoms with Crippen LogP contribution in [-0.4, -0.2) is 32.2 Å². The van der Waals surface area contributed by atoms with E-state index >= 15 is 0 Å². The lowest BCUT2D eigenvalue weighted by molar-refractivity contribution is -0.120. The summed E-state index contributed by atoms with van der Waals surface area (Å²) in [5, 5.41) is 6.04. The van der Waals surface area contributed by atoms with Gasteiger partial charge in [0.1, 0.15) is 0 Å². The number of ether oxygens (including phenoxy) is 1. The van der Waals surface area contributed by atoms with Gasteiger partial charge in [0.15, 0.2) is 0 Å². The van der Waals surface area contributed by atoms with Crippen LogP contribution in [0.1, 0.15) is 18.9 Å². The first-order valence-electron chi connectivity index (χ1n) is 6.25. The van der Waals surface area contributed by atoms with Crippen molar-refractivity contribution in [2.45, 2.75) is 25.9 Å². The average Bonchev–Trinajstić information content (AvgIpc) is 2.41. The predicted octanol–water partition coefficient (Wildman–Crippen LogP) is 1.32. The second-order valence-corrected chi connectivity index (χ2v) is 4.33. The molecule has 0 aliphatic heterocycles. The Kier molecular flexibility index (Phi) is 7.06. The highest BCUT2D eigenvalue weighted by Gasteiger charge is 2.04. The number of rotatable bonds is 8. The van der Waals surface area contributed by atoms with E-state index in [1.807, 2.05) is 37.3 Å². The molecule has 1 unspecified atom stereocenters. The van der Waals surface area contributed by atoms with Gasteiger partial charge in [0, 0.05) is 26.3 Å². The fourth-order valence-corrected chi connectivity index (χ4v) is 1.52. The summed E-state index contributed by atoms with van der Waals surface area (Å²) in [6, 6.07) is 10.2. The maximum absolute atomic E-state index is 11.6. The van der Waals surface area contributed by atoms with E-state index in [2.05, 4.69) is 10.6 Å². The summed E-state index contributed by atoms with van der Waals surface area (Å²) in [6.07, 6.45) is 0.905. The highest BCUT2D eigenvalue weighted by atomic mass is 16.5. The number of benzene rings is 1. The van der Waals surface area contributed by atoms with Gasteiger partial charge in [0.25, 0.3) is 0 Å². The van der Waals surface area contributed by atoms with Crippen LogP contribution in [0.2, 0.25) is 0 Å². The third kappa shape index (κ3) is 6.37. The third-order valence-electron chi connectivity index (χ3n) is 2.70. The number of methoxy groups -OCH3 is 1. The van der Waals surface area contributed by atoms with Crippen LogP contribution in [0.5, 0.6) is 0 Å². The maximum Gasteiger partial charge on any atom is 0.234 e. The molecule has 4 nitrogen and oxygen atoms in total. The molecule has 1 atom stereocenters. The molecule has 0 saturated carbocycles. The molecule has 0 spiro atoms. The summed E-state index contributed by atoms with van der Waals surface area (Å²) < 4.78 is 4.98. The molecule has 0 heterocycles. The molecule has 0 saturated heterocycles. The van der Waals surface area contributed by atoms with Crippen LogP contribution in [0, 0.1) is 0 Å². The summed E-state index contributed by atoms with van der Waals surface area (Å²) in [4.78, 5) is 11.6.